The summed E-state index contributed by atoms with van der Waals surface area (Å²) in [6.45, 7) is 3.81. The van der Waals surface area contributed by atoms with Crippen LogP contribution in [0.15, 0.2) is 36.7 Å². The molecule has 0 amide bonds. The first-order chi connectivity index (χ1) is 9.33. The van der Waals surface area contributed by atoms with Gasteiger partial charge in [0.2, 0.25) is 5.95 Å². The molecule has 0 radical (unpaired) electrons. The third-order valence-corrected chi connectivity index (χ3v) is 3.22. The first-order valence-corrected chi connectivity index (χ1v) is 6.40. The first kappa shape index (κ1) is 11.9. The molecule has 1 aromatic heterocycles. The van der Waals surface area contributed by atoms with Crippen LogP contribution < -0.4 is 10.2 Å². The smallest absolute Gasteiger partial charge is 0.225 e. The molecule has 3 rings (SSSR count). The highest BCUT2D eigenvalue weighted by molar-refractivity contribution is 5.63. The van der Waals surface area contributed by atoms with Gasteiger partial charge in [0.05, 0.1) is 0 Å². The van der Waals surface area contributed by atoms with Crippen LogP contribution in [-0.2, 0) is 0 Å². The van der Waals surface area contributed by atoms with Gasteiger partial charge in [-0.2, -0.15) is 0 Å². The number of rotatable bonds is 2. The molecule has 1 saturated heterocycles. The standard InChI is InChI=1S/C14H16N4O/c19-13-3-1-2-11(8-13)12-9-16-14(17-10-12)18-6-4-15-5-7-18/h1-3,8-10,15,19H,4-7H2. The van der Waals surface area contributed by atoms with Crippen molar-refractivity contribution in [1.29, 1.82) is 0 Å². The quantitative estimate of drug-likeness (QED) is 0.847. The van der Waals surface area contributed by atoms with Gasteiger partial charge in [0.1, 0.15) is 5.75 Å². The largest absolute Gasteiger partial charge is 0.508 e. The van der Waals surface area contributed by atoms with E-state index >= 15 is 0 Å². The Hall–Kier alpha value is -2.14. The van der Waals surface area contributed by atoms with E-state index in [4.69, 9.17) is 0 Å². The molecule has 0 spiro atoms. The van der Waals surface area contributed by atoms with Crippen molar-refractivity contribution in [3.05, 3.63) is 36.7 Å². The number of anilines is 1. The molecular weight excluding hydrogens is 240 g/mol. The summed E-state index contributed by atoms with van der Waals surface area (Å²) in [5.41, 5.74) is 1.83. The number of hydrogen-bond acceptors (Lipinski definition) is 5. The van der Waals surface area contributed by atoms with Crippen LogP contribution in [0.2, 0.25) is 0 Å². The van der Waals surface area contributed by atoms with Crippen LogP contribution in [0.1, 0.15) is 0 Å². The van der Waals surface area contributed by atoms with Gasteiger partial charge < -0.3 is 15.3 Å². The van der Waals surface area contributed by atoms with Gasteiger partial charge in [0, 0.05) is 44.1 Å². The summed E-state index contributed by atoms with van der Waals surface area (Å²) in [6.07, 6.45) is 3.61. The van der Waals surface area contributed by atoms with E-state index in [1.165, 1.54) is 0 Å². The molecule has 19 heavy (non-hydrogen) atoms. The Balaban J connectivity index is 1.82. The molecule has 1 aromatic carbocycles. The van der Waals surface area contributed by atoms with Gasteiger partial charge in [-0.05, 0) is 17.7 Å². The fourth-order valence-electron chi connectivity index (χ4n) is 2.18. The zero-order valence-corrected chi connectivity index (χ0v) is 10.6. The maximum atomic E-state index is 9.48. The average molecular weight is 256 g/mol. The summed E-state index contributed by atoms with van der Waals surface area (Å²) in [5, 5.41) is 12.8. The molecule has 98 valence electrons. The Labute approximate surface area is 111 Å². The predicted octanol–water partition coefficient (Wildman–Crippen LogP) is 1.26. The molecule has 2 aromatic rings. The minimum atomic E-state index is 0.253. The molecule has 1 aliphatic rings. The summed E-state index contributed by atoms with van der Waals surface area (Å²) in [7, 11) is 0. The van der Waals surface area contributed by atoms with Crippen molar-refractivity contribution in [2.24, 2.45) is 0 Å². The number of phenols is 1. The van der Waals surface area contributed by atoms with E-state index in [-0.39, 0.29) is 5.75 Å². The normalized spacial score (nSPS) is 15.5. The van der Waals surface area contributed by atoms with Crippen LogP contribution in [0, 0.1) is 0 Å². The maximum absolute atomic E-state index is 9.48. The van der Waals surface area contributed by atoms with E-state index in [2.05, 4.69) is 20.2 Å². The Morgan fingerprint density at radius 3 is 2.47 bits per heavy atom. The number of aromatic hydroxyl groups is 1. The maximum Gasteiger partial charge on any atom is 0.225 e. The van der Waals surface area contributed by atoms with E-state index in [0.717, 1.165) is 43.3 Å². The molecule has 1 fully saturated rings. The molecule has 0 aliphatic carbocycles. The zero-order chi connectivity index (χ0) is 13.1. The fourth-order valence-corrected chi connectivity index (χ4v) is 2.18. The summed E-state index contributed by atoms with van der Waals surface area (Å²) in [5.74, 6) is 1.02. The molecule has 2 N–H and O–H groups in total. The monoisotopic (exact) mass is 256 g/mol. The summed E-state index contributed by atoms with van der Waals surface area (Å²) < 4.78 is 0. The van der Waals surface area contributed by atoms with Crippen molar-refractivity contribution in [1.82, 2.24) is 15.3 Å². The lowest BCUT2D eigenvalue weighted by Gasteiger charge is -2.27. The SMILES string of the molecule is Oc1cccc(-c2cnc(N3CCNCC3)nc2)c1. The van der Waals surface area contributed by atoms with E-state index in [0.29, 0.717) is 0 Å². The van der Waals surface area contributed by atoms with Crippen molar-refractivity contribution in [3.63, 3.8) is 0 Å². The van der Waals surface area contributed by atoms with Gasteiger partial charge in [-0.1, -0.05) is 12.1 Å². The van der Waals surface area contributed by atoms with E-state index in [1.807, 2.05) is 12.1 Å². The van der Waals surface area contributed by atoms with Crippen molar-refractivity contribution < 1.29 is 5.11 Å². The molecule has 0 unspecified atom stereocenters. The highest BCUT2D eigenvalue weighted by Gasteiger charge is 2.12. The topological polar surface area (TPSA) is 61.3 Å². The summed E-state index contributed by atoms with van der Waals surface area (Å²) in [4.78, 5) is 11.0. The van der Waals surface area contributed by atoms with Crippen molar-refractivity contribution >= 4 is 5.95 Å². The minimum Gasteiger partial charge on any atom is -0.508 e. The van der Waals surface area contributed by atoms with Crippen molar-refractivity contribution in [2.45, 2.75) is 0 Å². The van der Waals surface area contributed by atoms with Gasteiger partial charge in [0.25, 0.3) is 0 Å². The molecule has 0 bridgehead atoms. The van der Waals surface area contributed by atoms with Crippen molar-refractivity contribution in [3.8, 4) is 16.9 Å². The lowest BCUT2D eigenvalue weighted by atomic mass is 10.1. The number of piperazine rings is 1. The third-order valence-electron chi connectivity index (χ3n) is 3.22. The number of hydrogen-bond donors (Lipinski definition) is 2. The third kappa shape index (κ3) is 2.66. The predicted molar refractivity (Wildman–Crippen MR) is 74.2 cm³/mol. The first-order valence-electron chi connectivity index (χ1n) is 6.40. The van der Waals surface area contributed by atoms with Gasteiger partial charge in [-0.3, -0.25) is 0 Å². The van der Waals surface area contributed by atoms with Crippen molar-refractivity contribution in [2.75, 3.05) is 31.1 Å². The zero-order valence-electron chi connectivity index (χ0n) is 10.6. The van der Waals surface area contributed by atoms with Gasteiger partial charge >= 0.3 is 0 Å². The summed E-state index contributed by atoms with van der Waals surface area (Å²) in [6, 6.07) is 7.11. The lowest BCUT2D eigenvalue weighted by Crippen LogP contribution is -2.44. The number of nitrogens with zero attached hydrogens (tertiary/aromatic N) is 3. The number of nitrogens with one attached hydrogen (secondary N) is 1. The second-order valence-corrected chi connectivity index (χ2v) is 4.56. The summed E-state index contributed by atoms with van der Waals surface area (Å²) >= 11 is 0. The van der Waals surface area contributed by atoms with Crippen LogP contribution in [0.25, 0.3) is 11.1 Å². The van der Waals surface area contributed by atoms with E-state index in [9.17, 15) is 5.11 Å². The van der Waals surface area contributed by atoms with Crippen LogP contribution >= 0.6 is 0 Å². The highest BCUT2D eigenvalue weighted by atomic mass is 16.3. The Kier molecular flexibility index (Phi) is 3.29. The molecular formula is C14H16N4O. The highest BCUT2D eigenvalue weighted by Crippen LogP contribution is 2.22. The molecule has 2 heterocycles. The van der Waals surface area contributed by atoms with Gasteiger partial charge in [-0.15, -0.1) is 0 Å². The Bertz CT molecular complexity index is 550. The van der Waals surface area contributed by atoms with Gasteiger partial charge in [-0.25, -0.2) is 9.97 Å². The van der Waals surface area contributed by atoms with Crippen LogP contribution in [0.3, 0.4) is 0 Å². The number of aromatic nitrogens is 2. The number of phenolic OH excluding ortho intramolecular Hbond substituents is 1. The second kappa shape index (κ2) is 5.24. The number of benzene rings is 1. The molecule has 0 saturated carbocycles. The van der Waals surface area contributed by atoms with Crippen LogP contribution in [0.4, 0.5) is 5.95 Å². The Morgan fingerprint density at radius 1 is 1.05 bits per heavy atom. The average Bonchev–Trinajstić information content (AvgIpc) is 2.48. The molecule has 5 nitrogen and oxygen atoms in total. The molecule has 0 atom stereocenters. The Morgan fingerprint density at radius 2 is 1.79 bits per heavy atom. The molecule has 1 aliphatic heterocycles. The second-order valence-electron chi connectivity index (χ2n) is 4.56. The van der Waals surface area contributed by atoms with E-state index in [1.54, 1.807) is 24.5 Å². The van der Waals surface area contributed by atoms with Gasteiger partial charge in [0.15, 0.2) is 0 Å². The minimum absolute atomic E-state index is 0.253. The fraction of sp³-hybridized carbons (Fsp3) is 0.286. The molecule has 5 heteroatoms. The lowest BCUT2D eigenvalue weighted by molar-refractivity contribution is 0.475. The van der Waals surface area contributed by atoms with E-state index < -0.39 is 0 Å². The van der Waals surface area contributed by atoms with Crippen LogP contribution in [0.5, 0.6) is 5.75 Å². The van der Waals surface area contributed by atoms with Crippen LogP contribution in [-0.4, -0.2) is 41.3 Å².